The van der Waals surface area contributed by atoms with E-state index in [1.54, 1.807) is 11.8 Å². The molecule has 0 N–H and O–H groups in total. The molecular formula is C22H37NO3SSi. The molecule has 1 aromatic rings. The summed E-state index contributed by atoms with van der Waals surface area (Å²) in [6.45, 7) is 18.6. The van der Waals surface area contributed by atoms with Gasteiger partial charge in [-0.25, -0.2) is 4.98 Å². The van der Waals surface area contributed by atoms with Crippen molar-refractivity contribution in [1.82, 2.24) is 4.98 Å². The predicted octanol–water partition coefficient (Wildman–Crippen LogP) is 6.60. The third-order valence-corrected chi connectivity index (χ3v) is 10.9. The maximum atomic E-state index is 6.63. The summed E-state index contributed by atoms with van der Waals surface area (Å²) in [5, 5.41) is 1.10. The van der Waals surface area contributed by atoms with E-state index in [1.165, 1.54) is 0 Å². The van der Waals surface area contributed by atoms with E-state index in [0.29, 0.717) is 0 Å². The average Bonchev–Trinajstić information content (AvgIpc) is 2.58. The van der Waals surface area contributed by atoms with Crippen LogP contribution in [0.4, 0.5) is 0 Å². The van der Waals surface area contributed by atoms with Gasteiger partial charge in [0.1, 0.15) is 23.6 Å². The number of rotatable bonds is 6. The third-order valence-electron chi connectivity index (χ3n) is 5.35. The Balaban J connectivity index is 2.14. The second-order valence-corrected chi connectivity index (χ2v) is 15.8. The zero-order chi connectivity index (χ0) is 21.0. The van der Waals surface area contributed by atoms with Crippen molar-refractivity contribution >= 4 is 20.1 Å². The molecule has 0 aliphatic carbocycles. The highest BCUT2D eigenvalue weighted by Crippen LogP contribution is 2.41. The molecule has 1 aromatic heterocycles. The highest BCUT2D eigenvalue weighted by atomic mass is 32.2. The van der Waals surface area contributed by atoms with Crippen molar-refractivity contribution in [3.8, 4) is 0 Å². The first-order valence-electron chi connectivity index (χ1n) is 10.1. The Kier molecular flexibility index (Phi) is 7.67. The van der Waals surface area contributed by atoms with Crippen LogP contribution < -0.4 is 0 Å². The third kappa shape index (κ3) is 6.53. The van der Waals surface area contributed by atoms with Gasteiger partial charge in [0, 0.05) is 18.2 Å². The number of pyridine rings is 1. The van der Waals surface area contributed by atoms with Crippen LogP contribution >= 0.6 is 11.8 Å². The Labute approximate surface area is 176 Å². The molecule has 0 unspecified atom stereocenters. The second kappa shape index (κ2) is 9.22. The fraction of sp³-hybridized carbons (Fsp3) is 0.682. The molecule has 1 fully saturated rings. The second-order valence-electron chi connectivity index (χ2n) is 9.94. The van der Waals surface area contributed by atoms with Gasteiger partial charge in [-0.2, -0.15) is 0 Å². The minimum Gasteiger partial charge on any atom is -0.544 e. The van der Waals surface area contributed by atoms with E-state index in [-0.39, 0.29) is 22.0 Å². The maximum Gasteiger partial charge on any atom is 0.250 e. The van der Waals surface area contributed by atoms with Crippen molar-refractivity contribution in [2.45, 2.75) is 89.1 Å². The molecular weight excluding hydrogens is 386 g/mol. The minimum atomic E-state index is -1.94. The van der Waals surface area contributed by atoms with Crippen LogP contribution in [0.25, 0.3) is 0 Å². The number of thioether (sulfide) groups is 1. The quantitative estimate of drug-likeness (QED) is 0.380. The molecule has 0 saturated carbocycles. The molecule has 158 valence electrons. The van der Waals surface area contributed by atoms with E-state index < -0.39 is 8.32 Å². The summed E-state index contributed by atoms with van der Waals surface area (Å²) < 4.78 is 18.9. The normalized spacial score (nSPS) is 22.1. The predicted molar refractivity (Wildman–Crippen MR) is 120 cm³/mol. The van der Waals surface area contributed by atoms with Gasteiger partial charge in [0.2, 0.25) is 8.32 Å². The summed E-state index contributed by atoms with van der Waals surface area (Å²) in [5.74, 6) is 0.922. The molecule has 6 heteroatoms. The van der Waals surface area contributed by atoms with Gasteiger partial charge in [-0.15, -0.1) is 0 Å². The average molecular weight is 424 g/mol. The van der Waals surface area contributed by atoms with E-state index in [1.807, 2.05) is 30.7 Å². The molecule has 0 bridgehead atoms. The highest BCUT2D eigenvalue weighted by Gasteiger charge is 2.41. The Bertz CT molecular complexity index is 650. The van der Waals surface area contributed by atoms with Gasteiger partial charge in [0.15, 0.2) is 0 Å². The lowest BCUT2D eigenvalue weighted by atomic mass is 9.95. The molecule has 2 rings (SSSR count). The molecule has 0 radical (unpaired) electrons. The number of hydrogen-bond donors (Lipinski definition) is 0. The van der Waals surface area contributed by atoms with Crippen molar-refractivity contribution in [1.29, 1.82) is 0 Å². The van der Waals surface area contributed by atoms with E-state index in [4.69, 9.17) is 13.9 Å². The topological polar surface area (TPSA) is 40.6 Å². The van der Waals surface area contributed by atoms with Crippen LogP contribution in [0.5, 0.6) is 0 Å². The number of aromatic nitrogens is 1. The van der Waals surface area contributed by atoms with Crippen LogP contribution in [0.15, 0.2) is 41.4 Å². The molecule has 1 saturated heterocycles. The van der Waals surface area contributed by atoms with Crippen LogP contribution in [0.2, 0.25) is 18.1 Å². The maximum absolute atomic E-state index is 6.63. The lowest BCUT2D eigenvalue weighted by molar-refractivity contribution is -0.0360. The molecule has 28 heavy (non-hydrogen) atoms. The van der Waals surface area contributed by atoms with Crippen LogP contribution in [-0.4, -0.2) is 31.4 Å². The monoisotopic (exact) mass is 423 g/mol. The lowest BCUT2D eigenvalue weighted by Gasteiger charge is -2.40. The van der Waals surface area contributed by atoms with Gasteiger partial charge >= 0.3 is 0 Å². The first-order chi connectivity index (χ1) is 12.9. The van der Waals surface area contributed by atoms with Crippen molar-refractivity contribution in [2.24, 2.45) is 5.41 Å². The van der Waals surface area contributed by atoms with Gasteiger partial charge in [-0.1, -0.05) is 59.4 Å². The highest BCUT2D eigenvalue weighted by molar-refractivity contribution is 7.99. The number of nitrogens with zero attached hydrogens (tertiary/aromatic N) is 1. The van der Waals surface area contributed by atoms with Crippen LogP contribution in [0.1, 0.15) is 54.4 Å². The number of hydrogen-bond acceptors (Lipinski definition) is 5. The fourth-order valence-corrected chi connectivity index (χ4v) is 4.68. The summed E-state index contributed by atoms with van der Waals surface area (Å²) in [4.78, 5) is 4.41. The zero-order valence-electron chi connectivity index (χ0n) is 18.7. The summed E-state index contributed by atoms with van der Waals surface area (Å²) in [5.41, 5.74) is -0.178. The number of ether oxygens (including phenoxy) is 2. The molecule has 4 nitrogen and oxygen atoms in total. The molecule has 1 aliphatic rings. The Morgan fingerprint density at radius 2 is 1.93 bits per heavy atom. The minimum absolute atomic E-state index is 0.0129. The molecule has 2 atom stereocenters. The molecule has 1 aliphatic heterocycles. The SMILES string of the molecule is CC(C)(C)/C(=C/O[C@H]1CCCO[C@@H]1Sc1ccccn1)O[Si](C)(C)C(C)(C)C. The Hall–Kier alpha value is -0.983. The molecule has 0 amide bonds. The lowest BCUT2D eigenvalue weighted by Crippen LogP contribution is -2.42. The van der Waals surface area contributed by atoms with Crippen molar-refractivity contribution < 1.29 is 13.9 Å². The summed E-state index contributed by atoms with van der Waals surface area (Å²) in [7, 11) is -1.94. The van der Waals surface area contributed by atoms with E-state index in [9.17, 15) is 0 Å². The smallest absolute Gasteiger partial charge is 0.250 e. The van der Waals surface area contributed by atoms with Crippen molar-refractivity contribution in [3.63, 3.8) is 0 Å². The van der Waals surface area contributed by atoms with E-state index in [2.05, 4.69) is 59.6 Å². The molecule has 0 spiro atoms. The molecule has 2 heterocycles. The van der Waals surface area contributed by atoms with Crippen LogP contribution in [0, 0.1) is 5.41 Å². The van der Waals surface area contributed by atoms with Crippen molar-refractivity contribution in [2.75, 3.05) is 6.61 Å². The van der Waals surface area contributed by atoms with E-state index >= 15 is 0 Å². The van der Waals surface area contributed by atoms with Gasteiger partial charge in [0.05, 0.1) is 5.03 Å². The Morgan fingerprint density at radius 1 is 1.21 bits per heavy atom. The zero-order valence-corrected chi connectivity index (χ0v) is 20.6. The summed E-state index contributed by atoms with van der Waals surface area (Å²) in [6, 6.07) is 5.94. The van der Waals surface area contributed by atoms with Crippen LogP contribution in [0.3, 0.4) is 0 Å². The first kappa shape index (κ1) is 23.3. The largest absolute Gasteiger partial charge is 0.544 e. The van der Waals surface area contributed by atoms with E-state index in [0.717, 1.165) is 30.2 Å². The van der Waals surface area contributed by atoms with Gasteiger partial charge in [-0.3, -0.25) is 0 Å². The standard InChI is InChI=1S/C22H37NO3SSi/c1-21(2,3)18(26-28(7,8)22(4,5)6)16-25-17-12-11-15-24-20(17)27-19-13-9-10-14-23-19/h9-10,13-14,16-17,20H,11-12,15H2,1-8H3/b18-16-/t17-,20+/m0/s1. The van der Waals surface area contributed by atoms with Crippen LogP contribution in [-0.2, 0) is 13.9 Å². The fourth-order valence-electron chi connectivity index (χ4n) is 2.44. The summed E-state index contributed by atoms with van der Waals surface area (Å²) >= 11 is 1.63. The summed E-state index contributed by atoms with van der Waals surface area (Å²) in [6.07, 6.45) is 5.63. The first-order valence-corrected chi connectivity index (χ1v) is 13.9. The van der Waals surface area contributed by atoms with Gasteiger partial charge < -0.3 is 13.9 Å². The van der Waals surface area contributed by atoms with Crippen molar-refractivity contribution in [3.05, 3.63) is 36.4 Å². The Morgan fingerprint density at radius 3 is 2.50 bits per heavy atom. The number of allylic oxidation sites excluding steroid dienone is 1. The van der Waals surface area contributed by atoms with Gasteiger partial charge in [0.25, 0.3) is 0 Å². The molecule has 0 aromatic carbocycles. The van der Waals surface area contributed by atoms with Gasteiger partial charge in [-0.05, 0) is 43.1 Å².